The van der Waals surface area contributed by atoms with Crippen LogP contribution in [0.3, 0.4) is 0 Å². The molecule has 1 aliphatic rings. The Hall–Kier alpha value is -1.35. The third-order valence-electron chi connectivity index (χ3n) is 3.41. The molecule has 86 valence electrons. The van der Waals surface area contributed by atoms with Crippen molar-refractivity contribution in [1.82, 2.24) is 0 Å². The molecule has 0 heterocycles. The highest BCUT2D eigenvalue weighted by Crippen LogP contribution is 2.42. The summed E-state index contributed by atoms with van der Waals surface area (Å²) in [7, 11) is 0. The van der Waals surface area contributed by atoms with E-state index in [0.717, 1.165) is 17.5 Å². The van der Waals surface area contributed by atoms with E-state index >= 15 is 0 Å². The second-order valence-electron chi connectivity index (χ2n) is 4.60. The molecule has 2 atom stereocenters. The van der Waals surface area contributed by atoms with Crippen LogP contribution >= 0.6 is 0 Å². The molecule has 0 aliphatic heterocycles. The average Bonchev–Trinajstić information content (AvgIpc) is 2.58. The summed E-state index contributed by atoms with van der Waals surface area (Å²) < 4.78 is 0. The molecule has 0 bridgehead atoms. The fourth-order valence-electron chi connectivity index (χ4n) is 2.71. The molecule has 0 amide bonds. The van der Waals surface area contributed by atoms with Crippen LogP contribution in [0.1, 0.15) is 30.9 Å². The van der Waals surface area contributed by atoms with E-state index in [1.807, 2.05) is 24.3 Å². The normalized spacial score (nSPS) is 25.1. The van der Waals surface area contributed by atoms with E-state index in [1.54, 1.807) is 6.92 Å². The van der Waals surface area contributed by atoms with Gasteiger partial charge in [0, 0.05) is 0 Å². The third-order valence-corrected chi connectivity index (χ3v) is 3.41. The monoisotopic (exact) mass is 220 g/mol. The van der Waals surface area contributed by atoms with Crippen LogP contribution in [-0.4, -0.2) is 22.3 Å². The molecular formula is C13H16O3. The van der Waals surface area contributed by atoms with Gasteiger partial charge in [-0.25, -0.2) is 0 Å². The molecule has 2 unspecified atom stereocenters. The first-order chi connectivity index (χ1) is 7.56. The zero-order chi connectivity index (χ0) is 11.8. The molecule has 0 spiro atoms. The minimum absolute atomic E-state index is 0.291. The van der Waals surface area contributed by atoms with Gasteiger partial charge in [0.2, 0.25) is 0 Å². The summed E-state index contributed by atoms with van der Waals surface area (Å²) in [5.41, 5.74) is 1.10. The fraction of sp³-hybridized carbons (Fsp3) is 0.462. The van der Waals surface area contributed by atoms with Gasteiger partial charge in [-0.2, -0.15) is 0 Å². The van der Waals surface area contributed by atoms with Crippen molar-refractivity contribution in [1.29, 1.82) is 0 Å². The van der Waals surface area contributed by atoms with Gasteiger partial charge in [0.25, 0.3) is 0 Å². The van der Waals surface area contributed by atoms with Gasteiger partial charge in [-0.1, -0.05) is 24.3 Å². The summed E-state index contributed by atoms with van der Waals surface area (Å²) in [6.07, 6.45) is 1.07. The fourth-order valence-corrected chi connectivity index (χ4v) is 2.71. The number of rotatable bonds is 3. The maximum atomic E-state index is 11.5. The van der Waals surface area contributed by atoms with Crippen LogP contribution in [0.4, 0.5) is 0 Å². The lowest BCUT2D eigenvalue weighted by molar-refractivity contribution is -0.145. The van der Waals surface area contributed by atoms with Gasteiger partial charge < -0.3 is 10.2 Å². The quantitative estimate of drug-likeness (QED) is 0.815. The highest BCUT2D eigenvalue weighted by Gasteiger charge is 2.45. The molecule has 3 heteroatoms. The highest BCUT2D eigenvalue weighted by atomic mass is 16.4. The van der Waals surface area contributed by atoms with Crippen LogP contribution < -0.4 is 0 Å². The molecule has 1 aromatic rings. The van der Waals surface area contributed by atoms with E-state index in [9.17, 15) is 15.0 Å². The molecule has 0 saturated carbocycles. The molecule has 0 fully saturated rings. The number of aryl methyl sites for hydroxylation is 1. The number of carboxylic acid groups (broad SMARTS) is 1. The van der Waals surface area contributed by atoms with Crippen LogP contribution in [0.25, 0.3) is 0 Å². The molecule has 16 heavy (non-hydrogen) atoms. The molecule has 2 N–H and O–H groups in total. The van der Waals surface area contributed by atoms with Crippen molar-refractivity contribution in [2.45, 2.75) is 37.7 Å². The van der Waals surface area contributed by atoms with Gasteiger partial charge in [0.05, 0.1) is 11.5 Å². The number of hydrogen-bond acceptors (Lipinski definition) is 2. The molecule has 1 aliphatic carbocycles. The van der Waals surface area contributed by atoms with Gasteiger partial charge in [-0.3, -0.25) is 4.79 Å². The Bertz CT molecular complexity index is 411. The van der Waals surface area contributed by atoms with Crippen LogP contribution in [-0.2, 0) is 16.6 Å². The van der Waals surface area contributed by atoms with E-state index in [2.05, 4.69) is 0 Å². The summed E-state index contributed by atoms with van der Waals surface area (Å²) >= 11 is 0. The summed E-state index contributed by atoms with van der Waals surface area (Å²) in [6.45, 7) is 1.64. The first-order valence-corrected chi connectivity index (χ1v) is 5.56. The van der Waals surface area contributed by atoms with Crippen LogP contribution in [0.15, 0.2) is 24.3 Å². The molecule has 0 aromatic heterocycles. The second kappa shape index (κ2) is 3.91. The molecular weight excluding hydrogens is 204 g/mol. The van der Waals surface area contributed by atoms with Crippen molar-refractivity contribution >= 4 is 5.97 Å². The molecule has 1 aromatic carbocycles. The molecule has 0 radical (unpaired) electrons. The van der Waals surface area contributed by atoms with E-state index < -0.39 is 17.5 Å². The number of aliphatic carboxylic acids is 1. The van der Waals surface area contributed by atoms with Gasteiger partial charge in [-0.05, 0) is 37.3 Å². The smallest absolute Gasteiger partial charge is 0.314 e. The van der Waals surface area contributed by atoms with Crippen molar-refractivity contribution in [3.8, 4) is 0 Å². The first-order valence-electron chi connectivity index (χ1n) is 5.56. The Morgan fingerprint density at radius 2 is 2.19 bits per heavy atom. The summed E-state index contributed by atoms with van der Waals surface area (Å²) in [5.74, 6) is -0.821. The second-order valence-corrected chi connectivity index (χ2v) is 4.60. The van der Waals surface area contributed by atoms with Crippen LogP contribution in [0.2, 0.25) is 0 Å². The topological polar surface area (TPSA) is 57.5 Å². The highest BCUT2D eigenvalue weighted by molar-refractivity contribution is 5.83. The lowest BCUT2D eigenvalue weighted by Gasteiger charge is -2.26. The lowest BCUT2D eigenvalue weighted by Crippen LogP contribution is -2.36. The molecule has 2 rings (SSSR count). The van der Waals surface area contributed by atoms with Gasteiger partial charge >= 0.3 is 5.97 Å². The van der Waals surface area contributed by atoms with E-state index in [4.69, 9.17) is 0 Å². The molecule has 0 saturated heterocycles. The maximum absolute atomic E-state index is 11.5. The van der Waals surface area contributed by atoms with Crippen molar-refractivity contribution < 1.29 is 15.0 Å². The summed E-state index contributed by atoms with van der Waals surface area (Å²) in [4.78, 5) is 11.5. The predicted molar refractivity (Wildman–Crippen MR) is 60.4 cm³/mol. The van der Waals surface area contributed by atoms with Gasteiger partial charge in [0.15, 0.2) is 0 Å². The first kappa shape index (κ1) is 11.1. The van der Waals surface area contributed by atoms with E-state index in [0.29, 0.717) is 12.8 Å². The number of aliphatic hydroxyl groups is 1. The Balaban J connectivity index is 2.47. The molecule has 3 nitrogen and oxygen atoms in total. The maximum Gasteiger partial charge on any atom is 0.314 e. The Labute approximate surface area is 94.7 Å². The number of fused-ring (bicyclic) bond motifs is 1. The Morgan fingerprint density at radius 3 is 2.81 bits per heavy atom. The average molecular weight is 220 g/mol. The summed E-state index contributed by atoms with van der Waals surface area (Å²) in [5, 5.41) is 18.9. The van der Waals surface area contributed by atoms with Crippen molar-refractivity contribution in [3.05, 3.63) is 35.4 Å². The Morgan fingerprint density at radius 1 is 1.50 bits per heavy atom. The van der Waals surface area contributed by atoms with Crippen molar-refractivity contribution in [2.24, 2.45) is 0 Å². The number of benzene rings is 1. The summed E-state index contributed by atoms with van der Waals surface area (Å²) in [6, 6.07) is 7.64. The van der Waals surface area contributed by atoms with Crippen LogP contribution in [0, 0.1) is 0 Å². The predicted octanol–water partition coefficient (Wildman–Crippen LogP) is 1.73. The van der Waals surface area contributed by atoms with Crippen molar-refractivity contribution in [2.75, 3.05) is 0 Å². The number of aliphatic hydroxyl groups excluding tert-OH is 1. The zero-order valence-electron chi connectivity index (χ0n) is 9.31. The minimum atomic E-state index is -0.884. The number of carbonyl (C=O) groups is 1. The minimum Gasteiger partial charge on any atom is -0.481 e. The zero-order valence-corrected chi connectivity index (χ0v) is 9.31. The van der Waals surface area contributed by atoms with E-state index in [1.165, 1.54) is 0 Å². The van der Waals surface area contributed by atoms with Gasteiger partial charge in [-0.15, -0.1) is 0 Å². The van der Waals surface area contributed by atoms with Crippen molar-refractivity contribution in [3.63, 3.8) is 0 Å². The lowest BCUT2D eigenvalue weighted by atomic mass is 9.77. The van der Waals surface area contributed by atoms with E-state index in [-0.39, 0.29) is 0 Å². The van der Waals surface area contributed by atoms with Gasteiger partial charge in [0.1, 0.15) is 0 Å². The number of carboxylic acids is 1. The third kappa shape index (κ3) is 1.61. The largest absolute Gasteiger partial charge is 0.481 e. The van der Waals surface area contributed by atoms with Crippen LogP contribution in [0.5, 0.6) is 0 Å². The number of hydrogen-bond donors (Lipinski definition) is 2. The standard InChI is InChI=1S/C13H16O3/c1-9(14)8-13(12(15)16)7-6-10-4-2-3-5-11(10)13/h2-5,9,14H,6-8H2,1H3,(H,15,16). The SMILES string of the molecule is CC(O)CC1(C(=O)O)CCc2ccccc21. The Kier molecular flexibility index (Phi) is 2.72.